The van der Waals surface area contributed by atoms with Gasteiger partial charge in [-0.05, 0) is 34.9 Å². The molecule has 6 heteroatoms. The Hall–Kier alpha value is -3.28. The van der Waals surface area contributed by atoms with Gasteiger partial charge in [0, 0.05) is 32.5 Å². The molecule has 0 amide bonds. The standard InChI is InChI=1S/C21H25N5O/c1-22-21(23-14-17-7-9-20(27-2)10-8-17)24-15-18-5-3-6-19(13-18)16-26-12-4-11-25-26/h3-13H,14-16H2,1-2H3,(H2,22,23,24). The smallest absolute Gasteiger partial charge is 0.191 e. The van der Waals surface area contributed by atoms with Gasteiger partial charge in [0.2, 0.25) is 0 Å². The lowest BCUT2D eigenvalue weighted by Gasteiger charge is -2.13. The molecule has 0 unspecified atom stereocenters. The average Bonchev–Trinajstić information content (AvgIpc) is 3.22. The zero-order chi connectivity index (χ0) is 18.9. The molecule has 0 spiro atoms. The van der Waals surface area contributed by atoms with Gasteiger partial charge in [0.25, 0.3) is 0 Å². The second-order valence-corrected chi connectivity index (χ2v) is 6.15. The van der Waals surface area contributed by atoms with Gasteiger partial charge in [-0.15, -0.1) is 0 Å². The van der Waals surface area contributed by atoms with Crippen LogP contribution in [0.15, 0.2) is 72.0 Å². The highest BCUT2D eigenvalue weighted by Gasteiger charge is 2.02. The number of ether oxygens (including phenoxy) is 1. The summed E-state index contributed by atoms with van der Waals surface area (Å²) >= 11 is 0. The lowest BCUT2D eigenvalue weighted by molar-refractivity contribution is 0.414. The molecule has 2 aromatic carbocycles. The first kappa shape index (κ1) is 18.5. The topological polar surface area (TPSA) is 63.5 Å². The quantitative estimate of drug-likeness (QED) is 0.500. The average molecular weight is 363 g/mol. The van der Waals surface area contributed by atoms with Gasteiger partial charge in [-0.2, -0.15) is 5.10 Å². The molecule has 0 saturated carbocycles. The Morgan fingerprint density at radius 1 is 1.00 bits per heavy atom. The van der Waals surface area contributed by atoms with Crippen molar-refractivity contribution in [3.05, 3.63) is 83.7 Å². The maximum absolute atomic E-state index is 5.18. The fourth-order valence-electron chi connectivity index (χ4n) is 2.75. The molecule has 0 radical (unpaired) electrons. The van der Waals surface area contributed by atoms with Crippen LogP contribution in [0.2, 0.25) is 0 Å². The molecule has 0 aliphatic carbocycles. The number of aromatic nitrogens is 2. The van der Waals surface area contributed by atoms with E-state index < -0.39 is 0 Å². The van der Waals surface area contributed by atoms with Crippen LogP contribution < -0.4 is 15.4 Å². The van der Waals surface area contributed by atoms with Crippen LogP contribution in [0.5, 0.6) is 5.75 Å². The van der Waals surface area contributed by atoms with E-state index in [-0.39, 0.29) is 0 Å². The molecule has 2 N–H and O–H groups in total. The van der Waals surface area contributed by atoms with E-state index in [0.717, 1.165) is 18.3 Å². The molecule has 3 aromatic rings. The fourth-order valence-corrected chi connectivity index (χ4v) is 2.75. The van der Waals surface area contributed by atoms with Crippen LogP contribution in [0.4, 0.5) is 0 Å². The van der Waals surface area contributed by atoms with E-state index in [1.54, 1.807) is 20.4 Å². The van der Waals surface area contributed by atoms with Gasteiger partial charge in [-0.25, -0.2) is 0 Å². The zero-order valence-electron chi connectivity index (χ0n) is 15.7. The molecular weight excluding hydrogens is 338 g/mol. The van der Waals surface area contributed by atoms with Crippen molar-refractivity contribution in [2.45, 2.75) is 19.6 Å². The van der Waals surface area contributed by atoms with E-state index in [1.165, 1.54) is 16.7 Å². The number of nitrogens with one attached hydrogen (secondary N) is 2. The van der Waals surface area contributed by atoms with Crippen molar-refractivity contribution in [1.29, 1.82) is 0 Å². The predicted molar refractivity (Wildman–Crippen MR) is 108 cm³/mol. The van der Waals surface area contributed by atoms with E-state index in [9.17, 15) is 0 Å². The molecule has 0 saturated heterocycles. The second kappa shape index (κ2) is 9.43. The molecule has 0 aliphatic heterocycles. The van der Waals surface area contributed by atoms with E-state index in [2.05, 4.69) is 45.0 Å². The Morgan fingerprint density at radius 3 is 2.41 bits per heavy atom. The first-order valence-corrected chi connectivity index (χ1v) is 8.89. The van der Waals surface area contributed by atoms with Crippen molar-refractivity contribution in [2.75, 3.05) is 14.2 Å². The van der Waals surface area contributed by atoms with E-state index in [4.69, 9.17) is 4.74 Å². The van der Waals surface area contributed by atoms with Gasteiger partial charge in [0.05, 0.1) is 13.7 Å². The molecule has 140 valence electrons. The molecule has 1 aromatic heterocycles. The second-order valence-electron chi connectivity index (χ2n) is 6.15. The van der Waals surface area contributed by atoms with Crippen LogP contribution in [0.1, 0.15) is 16.7 Å². The summed E-state index contributed by atoms with van der Waals surface area (Å²) in [6, 6.07) is 18.4. The summed E-state index contributed by atoms with van der Waals surface area (Å²) in [6.07, 6.45) is 3.76. The molecule has 27 heavy (non-hydrogen) atoms. The molecule has 1 heterocycles. The molecule has 0 atom stereocenters. The maximum Gasteiger partial charge on any atom is 0.191 e. The zero-order valence-corrected chi connectivity index (χ0v) is 15.7. The first-order valence-electron chi connectivity index (χ1n) is 8.89. The number of hydrogen-bond donors (Lipinski definition) is 2. The lowest BCUT2D eigenvalue weighted by atomic mass is 10.1. The SMILES string of the molecule is CN=C(NCc1ccc(OC)cc1)NCc1cccc(Cn2cccn2)c1. The summed E-state index contributed by atoms with van der Waals surface area (Å²) in [7, 11) is 3.45. The van der Waals surface area contributed by atoms with Gasteiger partial charge in [-0.3, -0.25) is 9.67 Å². The summed E-state index contributed by atoms with van der Waals surface area (Å²) in [5.41, 5.74) is 3.59. The summed E-state index contributed by atoms with van der Waals surface area (Å²) < 4.78 is 7.10. The molecule has 6 nitrogen and oxygen atoms in total. The minimum absolute atomic E-state index is 0.697. The largest absolute Gasteiger partial charge is 0.497 e. The van der Waals surface area contributed by atoms with Crippen molar-refractivity contribution >= 4 is 5.96 Å². The predicted octanol–water partition coefficient (Wildman–Crippen LogP) is 2.81. The molecule has 0 bridgehead atoms. The lowest BCUT2D eigenvalue weighted by Crippen LogP contribution is -2.36. The molecular formula is C21H25N5O. The number of nitrogens with zero attached hydrogens (tertiary/aromatic N) is 3. The normalized spacial score (nSPS) is 11.3. The summed E-state index contributed by atoms with van der Waals surface area (Å²) in [4.78, 5) is 4.29. The number of guanidine groups is 1. The summed E-state index contributed by atoms with van der Waals surface area (Å²) in [6.45, 7) is 2.17. The van der Waals surface area contributed by atoms with Crippen LogP contribution in [0, 0.1) is 0 Å². The third-order valence-electron chi connectivity index (χ3n) is 4.20. The first-order chi connectivity index (χ1) is 13.3. The summed E-state index contributed by atoms with van der Waals surface area (Å²) in [5.74, 6) is 1.62. The van der Waals surface area contributed by atoms with Gasteiger partial charge >= 0.3 is 0 Å². The molecule has 3 rings (SSSR count). The highest BCUT2D eigenvalue weighted by atomic mass is 16.5. The van der Waals surface area contributed by atoms with Gasteiger partial charge in [-0.1, -0.05) is 36.4 Å². The van der Waals surface area contributed by atoms with Gasteiger partial charge < -0.3 is 15.4 Å². The van der Waals surface area contributed by atoms with Crippen molar-refractivity contribution in [3.8, 4) is 5.75 Å². The number of benzene rings is 2. The highest BCUT2D eigenvalue weighted by molar-refractivity contribution is 5.79. The van der Waals surface area contributed by atoms with E-state index in [0.29, 0.717) is 13.1 Å². The third-order valence-corrected chi connectivity index (χ3v) is 4.20. The number of methoxy groups -OCH3 is 1. The van der Waals surface area contributed by atoms with Crippen LogP contribution in [-0.4, -0.2) is 29.9 Å². The van der Waals surface area contributed by atoms with Crippen LogP contribution in [0.3, 0.4) is 0 Å². The van der Waals surface area contributed by atoms with Crippen molar-refractivity contribution in [1.82, 2.24) is 20.4 Å². The highest BCUT2D eigenvalue weighted by Crippen LogP contribution is 2.11. The van der Waals surface area contributed by atoms with Crippen LogP contribution in [0.25, 0.3) is 0 Å². The number of aliphatic imine (C=N–C) groups is 1. The fraction of sp³-hybridized carbons (Fsp3) is 0.238. The van der Waals surface area contributed by atoms with Crippen molar-refractivity contribution in [2.24, 2.45) is 4.99 Å². The Labute approximate surface area is 159 Å². The Morgan fingerprint density at radius 2 is 1.74 bits per heavy atom. The van der Waals surface area contributed by atoms with Gasteiger partial charge in [0.15, 0.2) is 5.96 Å². The maximum atomic E-state index is 5.18. The van der Waals surface area contributed by atoms with E-state index in [1.807, 2.05) is 41.2 Å². The minimum atomic E-state index is 0.697. The van der Waals surface area contributed by atoms with Crippen LogP contribution >= 0.6 is 0 Å². The number of rotatable bonds is 7. The van der Waals surface area contributed by atoms with E-state index >= 15 is 0 Å². The molecule has 0 aliphatic rings. The Kier molecular flexibility index (Phi) is 6.46. The Bertz CT molecular complexity index is 857. The monoisotopic (exact) mass is 363 g/mol. The van der Waals surface area contributed by atoms with Crippen molar-refractivity contribution < 1.29 is 4.74 Å². The van der Waals surface area contributed by atoms with Crippen LogP contribution in [-0.2, 0) is 19.6 Å². The van der Waals surface area contributed by atoms with Crippen molar-refractivity contribution in [3.63, 3.8) is 0 Å². The molecule has 0 fully saturated rings. The van der Waals surface area contributed by atoms with Gasteiger partial charge in [0.1, 0.15) is 5.75 Å². The third kappa shape index (κ3) is 5.60. The Balaban J connectivity index is 1.51. The minimum Gasteiger partial charge on any atom is -0.497 e. The number of hydrogen-bond acceptors (Lipinski definition) is 3. The summed E-state index contributed by atoms with van der Waals surface area (Å²) in [5, 5.41) is 10.9.